The first-order valence-electron chi connectivity index (χ1n) is 9.69. The Morgan fingerprint density at radius 3 is 2.54 bits per heavy atom. The molecule has 7 nitrogen and oxygen atoms in total. The summed E-state index contributed by atoms with van der Waals surface area (Å²) in [5.41, 5.74) is 2.76. The molecule has 2 heterocycles. The van der Waals surface area contributed by atoms with Gasteiger partial charge in [-0.05, 0) is 44.2 Å². The Balaban J connectivity index is 1.47. The summed E-state index contributed by atoms with van der Waals surface area (Å²) in [4.78, 5) is 15.1. The monoisotopic (exact) mass is 403 g/mol. The summed E-state index contributed by atoms with van der Waals surface area (Å²) in [6.45, 7) is 4.61. The molecule has 0 N–H and O–H groups in total. The molecule has 0 saturated carbocycles. The molecule has 0 spiro atoms. The summed E-state index contributed by atoms with van der Waals surface area (Å²) in [7, 11) is -3.66. The molecule has 1 aliphatic carbocycles. The van der Waals surface area contributed by atoms with Gasteiger partial charge in [0.05, 0.1) is 5.92 Å². The number of carbonyl (C=O) groups excluding carboxylic acids is 1. The van der Waals surface area contributed by atoms with Gasteiger partial charge in [-0.1, -0.05) is 29.4 Å². The average molecular weight is 404 g/mol. The van der Waals surface area contributed by atoms with Gasteiger partial charge in [-0.15, -0.1) is 0 Å². The highest BCUT2D eigenvalue weighted by molar-refractivity contribution is 7.89. The second-order valence-electron chi connectivity index (χ2n) is 7.53. The fraction of sp³-hybridized carbons (Fsp3) is 0.500. The molecular weight excluding hydrogens is 378 g/mol. The third kappa shape index (κ3) is 3.24. The zero-order valence-electron chi connectivity index (χ0n) is 16.2. The minimum atomic E-state index is -3.66. The number of aromatic nitrogens is 1. The lowest BCUT2D eigenvalue weighted by atomic mass is 9.82. The van der Waals surface area contributed by atoms with Crippen LogP contribution in [0.25, 0.3) is 0 Å². The number of benzene rings is 1. The summed E-state index contributed by atoms with van der Waals surface area (Å²) in [5, 5.41) is 3.76. The number of carbonyl (C=O) groups is 1. The molecule has 0 unspecified atom stereocenters. The van der Waals surface area contributed by atoms with E-state index in [9.17, 15) is 13.2 Å². The van der Waals surface area contributed by atoms with Crippen molar-refractivity contribution >= 4 is 15.9 Å². The largest absolute Gasteiger partial charge is 0.360 e. The lowest BCUT2D eigenvalue weighted by molar-refractivity contribution is -0.134. The molecule has 1 atom stereocenters. The van der Waals surface area contributed by atoms with Crippen LogP contribution in [0.5, 0.6) is 0 Å². The number of piperazine rings is 1. The van der Waals surface area contributed by atoms with Crippen LogP contribution in [-0.2, 0) is 21.2 Å². The number of rotatable bonds is 3. The van der Waals surface area contributed by atoms with E-state index in [1.165, 1.54) is 9.87 Å². The molecule has 150 valence electrons. The zero-order valence-corrected chi connectivity index (χ0v) is 17.0. The Morgan fingerprint density at radius 2 is 1.86 bits per heavy atom. The van der Waals surface area contributed by atoms with E-state index < -0.39 is 10.0 Å². The van der Waals surface area contributed by atoms with E-state index in [1.807, 2.05) is 17.0 Å². The molecule has 1 fully saturated rings. The third-order valence-corrected chi connectivity index (χ3v) is 7.93. The van der Waals surface area contributed by atoms with Crippen LogP contribution in [0.4, 0.5) is 0 Å². The van der Waals surface area contributed by atoms with Crippen LogP contribution < -0.4 is 0 Å². The second-order valence-corrected chi connectivity index (χ2v) is 9.40. The summed E-state index contributed by atoms with van der Waals surface area (Å²) in [6.07, 6.45) is 2.88. The van der Waals surface area contributed by atoms with E-state index in [4.69, 9.17) is 4.52 Å². The van der Waals surface area contributed by atoms with Crippen molar-refractivity contribution in [3.05, 3.63) is 46.8 Å². The van der Waals surface area contributed by atoms with Gasteiger partial charge in [-0.25, -0.2) is 8.42 Å². The van der Waals surface area contributed by atoms with Gasteiger partial charge in [0.2, 0.25) is 15.9 Å². The molecule has 8 heteroatoms. The lowest BCUT2D eigenvalue weighted by Crippen LogP contribution is -2.51. The molecule has 1 aromatic heterocycles. The summed E-state index contributed by atoms with van der Waals surface area (Å²) < 4.78 is 32.4. The summed E-state index contributed by atoms with van der Waals surface area (Å²) in [6, 6.07) is 8.15. The van der Waals surface area contributed by atoms with Crippen molar-refractivity contribution in [2.45, 2.75) is 43.9 Å². The van der Waals surface area contributed by atoms with Crippen LogP contribution in [0.15, 0.2) is 33.7 Å². The predicted molar refractivity (Wildman–Crippen MR) is 103 cm³/mol. The zero-order chi connectivity index (χ0) is 19.9. The first-order chi connectivity index (χ1) is 13.4. The minimum absolute atomic E-state index is 0.113. The molecule has 2 aliphatic rings. The van der Waals surface area contributed by atoms with Gasteiger partial charge in [-0.2, -0.15) is 4.31 Å². The summed E-state index contributed by atoms with van der Waals surface area (Å²) >= 11 is 0. The van der Waals surface area contributed by atoms with Gasteiger partial charge in [-0.3, -0.25) is 4.79 Å². The standard InChI is InChI=1S/C20H25N3O4S/c1-14-19(15(2)27-21-14)28(25,26)23-12-10-22(11-13-23)20(24)18-9-5-7-16-6-3-4-8-17(16)18/h3-4,6,8,18H,5,7,9-13H2,1-2H3/t18-/m0/s1. The van der Waals surface area contributed by atoms with Crippen LogP contribution in [-0.4, -0.2) is 54.9 Å². The number of amides is 1. The van der Waals surface area contributed by atoms with Crippen molar-refractivity contribution in [2.24, 2.45) is 0 Å². The Labute approximate surface area is 165 Å². The molecule has 28 heavy (non-hydrogen) atoms. The van der Waals surface area contributed by atoms with E-state index in [-0.39, 0.29) is 29.8 Å². The highest BCUT2D eigenvalue weighted by Crippen LogP contribution is 2.33. The van der Waals surface area contributed by atoms with Gasteiger partial charge in [0.15, 0.2) is 5.76 Å². The van der Waals surface area contributed by atoms with Crippen molar-refractivity contribution in [1.29, 1.82) is 0 Å². The SMILES string of the molecule is Cc1noc(C)c1S(=O)(=O)N1CCN(C(=O)[C@H]2CCCc3ccccc32)CC1. The van der Waals surface area contributed by atoms with Crippen molar-refractivity contribution in [3.8, 4) is 0 Å². The predicted octanol–water partition coefficient (Wildman–Crippen LogP) is 2.24. The maximum Gasteiger partial charge on any atom is 0.248 e. The second kappa shape index (κ2) is 7.33. The highest BCUT2D eigenvalue weighted by atomic mass is 32.2. The fourth-order valence-electron chi connectivity index (χ4n) is 4.35. The average Bonchev–Trinajstić information content (AvgIpc) is 3.06. The number of sulfonamides is 1. The smallest absolute Gasteiger partial charge is 0.248 e. The van der Waals surface area contributed by atoms with E-state index in [2.05, 4.69) is 17.3 Å². The first kappa shape index (κ1) is 19.1. The van der Waals surface area contributed by atoms with Crippen molar-refractivity contribution in [1.82, 2.24) is 14.4 Å². The van der Waals surface area contributed by atoms with Crippen LogP contribution in [0.3, 0.4) is 0 Å². The van der Waals surface area contributed by atoms with Crippen molar-refractivity contribution in [3.63, 3.8) is 0 Å². The van der Waals surface area contributed by atoms with Gasteiger partial charge in [0.1, 0.15) is 10.6 Å². The van der Waals surface area contributed by atoms with Gasteiger partial charge in [0, 0.05) is 26.2 Å². The quantitative estimate of drug-likeness (QED) is 0.785. The molecule has 1 amide bonds. The maximum absolute atomic E-state index is 13.1. The van der Waals surface area contributed by atoms with Crippen molar-refractivity contribution in [2.75, 3.05) is 26.2 Å². The molecule has 1 saturated heterocycles. The van der Waals surface area contributed by atoms with Gasteiger partial charge >= 0.3 is 0 Å². The number of hydrogen-bond donors (Lipinski definition) is 0. The van der Waals surface area contributed by atoms with E-state index >= 15 is 0 Å². The number of hydrogen-bond acceptors (Lipinski definition) is 5. The van der Waals surface area contributed by atoms with Crippen LogP contribution >= 0.6 is 0 Å². The van der Waals surface area contributed by atoms with E-state index in [1.54, 1.807) is 13.8 Å². The Morgan fingerprint density at radius 1 is 1.14 bits per heavy atom. The number of fused-ring (bicyclic) bond motifs is 1. The number of nitrogens with zero attached hydrogens (tertiary/aromatic N) is 3. The Hall–Kier alpha value is -2.19. The minimum Gasteiger partial charge on any atom is -0.360 e. The van der Waals surface area contributed by atoms with Gasteiger partial charge < -0.3 is 9.42 Å². The molecule has 1 aliphatic heterocycles. The normalized spacial score (nSPS) is 20.8. The number of aryl methyl sites for hydroxylation is 3. The molecule has 1 aromatic carbocycles. The highest BCUT2D eigenvalue weighted by Gasteiger charge is 2.36. The molecular formula is C20H25N3O4S. The van der Waals surface area contributed by atoms with E-state index in [0.717, 1.165) is 24.8 Å². The van der Waals surface area contributed by atoms with Crippen LogP contribution in [0, 0.1) is 13.8 Å². The summed E-state index contributed by atoms with van der Waals surface area (Å²) in [5.74, 6) is 0.298. The third-order valence-electron chi connectivity index (χ3n) is 5.78. The maximum atomic E-state index is 13.1. The van der Waals surface area contributed by atoms with Crippen LogP contribution in [0.1, 0.15) is 41.3 Å². The van der Waals surface area contributed by atoms with Crippen LogP contribution in [0.2, 0.25) is 0 Å². The topological polar surface area (TPSA) is 83.7 Å². The lowest BCUT2D eigenvalue weighted by Gasteiger charge is -2.37. The Kier molecular flexibility index (Phi) is 5.01. The first-order valence-corrected chi connectivity index (χ1v) is 11.1. The van der Waals surface area contributed by atoms with Crippen molar-refractivity contribution < 1.29 is 17.7 Å². The molecule has 2 aromatic rings. The van der Waals surface area contributed by atoms with E-state index in [0.29, 0.717) is 24.5 Å². The fourth-order valence-corrected chi connectivity index (χ4v) is 6.06. The molecule has 4 rings (SSSR count). The molecule has 0 bridgehead atoms. The Bertz CT molecular complexity index is 971. The molecule has 0 radical (unpaired) electrons. The van der Waals surface area contributed by atoms with Gasteiger partial charge in [0.25, 0.3) is 0 Å².